The number of nitrogens with two attached hydrogens (primary N) is 1. The molecule has 0 saturated carbocycles. The van der Waals surface area contributed by atoms with E-state index in [0.29, 0.717) is 6.54 Å². The van der Waals surface area contributed by atoms with Crippen LogP contribution >= 0.6 is 0 Å². The van der Waals surface area contributed by atoms with Crippen LogP contribution in [0.2, 0.25) is 0 Å². The van der Waals surface area contributed by atoms with Gasteiger partial charge in [0.05, 0.1) is 13.0 Å². The molecule has 0 aromatic carbocycles. The zero-order valence-corrected chi connectivity index (χ0v) is 8.02. The Balaban J connectivity index is 4.04. The topological polar surface area (TPSA) is 101 Å². The summed E-state index contributed by atoms with van der Waals surface area (Å²) in [6, 6.07) is 0. The van der Waals surface area contributed by atoms with Crippen molar-refractivity contribution >= 4 is 17.8 Å². The van der Waals surface area contributed by atoms with Gasteiger partial charge in [-0.2, -0.15) is 0 Å². The quantitative estimate of drug-likeness (QED) is 0.587. The van der Waals surface area contributed by atoms with Crippen LogP contribution in [0, 0.1) is 0 Å². The Hall–Kier alpha value is -1.59. The van der Waals surface area contributed by atoms with Crippen LogP contribution in [-0.2, 0) is 14.4 Å². The fraction of sp³-hybridized carbons (Fsp3) is 0.625. The van der Waals surface area contributed by atoms with Crippen molar-refractivity contribution in [3.63, 3.8) is 0 Å². The van der Waals surface area contributed by atoms with E-state index in [1.54, 1.807) is 6.92 Å². The van der Waals surface area contributed by atoms with Gasteiger partial charge in [0.15, 0.2) is 0 Å². The number of rotatable bonds is 6. The van der Waals surface area contributed by atoms with Gasteiger partial charge in [0, 0.05) is 13.0 Å². The van der Waals surface area contributed by atoms with E-state index >= 15 is 0 Å². The van der Waals surface area contributed by atoms with Crippen LogP contribution < -0.4 is 5.73 Å². The van der Waals surface area contributed by atoms with E-state index in [4.69, 9.17) is 10.8 Å². The molecule has 0 fully saturated rings. The second kappa shape index (κ2) is 5.95. The fourth-order valence-corrected chi connectivity index (χ4v) is 0.936. The normalized spacial score (nSPS) is 9.50. The molecule has 0 rings (SSSR count). The third kappa shape index (κ3) is 5.13. The van der Waals surface area contributed by atoms with Gasteiger partial charge in [0.1, 0.15) is 0 Å². The van der Waals surface area contributed by atoms with Crippen molar-refractivity contribution in [1.29, 1.82) is 0 Å². The molecule has 0 spiro atoms. The number of nitrogens with zero attached hydrogens (tertiary/aromatic N) is 1. The molecule has 0 bridgehead atoms. The maximum atomic E-state index is 11.3. The zero-order valence-electron chi connectivity index (χ0n) is 8.02. The van der Waals surface area contributed by atoms with Gasteiger partial charge >= 0.3 is 5.97 Å². The average molecular weight is 202 g/mol. The molecule has 0 aliphatic carbocycles. The maximum Gasteiger partial charge on any atom is 0.303 e. The Bertz CT molecular complexity index is 239. The number of likely N-dealkylation sites (N-methyl/N-ethyl adjacent to an activating group) is 1. The minimum Gasteiger partial charge on any atom is -0.481 e. The summed E-state index contributed by atoms with van der Waals surface area (Å²) in [5, 5.41) is 8.34. The number of carbonyl (C=O) groups excluding carboxylic acids is 2. The van der Waals surface area contributed by atoms with Crippen molar-refractivity contribution in [2.75, 3.05) is 13.1 Å². The SMILES string of the molecule is CCN(CC(N)=O)C(=O)CCC(=O)O. The number of hydrogen-bond acceptors (Lipinski definition) is 3. The van der Waals surface area contributed by atoms with Crippen LogP contribution in [0.25, 0.3) is 0 Å². The highest BCUT2D eigenvalue weighted by atomic mass is 16.4. The molecule has 6 heteroatoms. The average Bonchev–Trinajstić information content (AvgIpc) is 2.09. The molecule has 80 valence electrons. The summed E-state index contributed by atoms with van der Waals surface area (Å²) >= 11 is 0. The molecule has 0 atom stereocenters. The summed E-state index contributed by atoms with van der Waals surface area (Å²) in [6.07, 6.45) is -0.329. The molecule has 0 aromatic heterocycles. The Morgan fingerprint density at radius 1 is 1.29 bits per heavy atom. The van der Waals surface area contributed by atoms with E-state index < -0.39 is 11.9 Å². The lowest BCUT2D eigenvalue weighted by Gasteiger charge is -2.18. The van der Waals surface area contributed by atoms with Crippen LogP contribution in [0.1, 0.15) is 19.8 Å². The van der Waals surface area contributed by atoms with Gasteiger partial charge < -0.3 is 15.7 Å². The van der Waals surface area contributed by atoms with Crippen LogP contribution in [0.3, 0.4) is 0 Å². The van der Waals surface area contributed by atoms with Gasteiger partial charge in [0.2, 0.25) is 11.8 Å². The van der Waals surface area contributed by atoms with E-state index in [0.717, 1.165) is 0 Å². The van der Waals surface area contributed by atoms with Crippen LogP contribution in [0.15, 0.2) is 0 Å². The first-order chi connectivity index (χ1) is 6.47. The molecule has 0 heterocycles. The van der Waals surface area contributed by atoms with Gasteiger partial charge in [-0.05, 0) is 6.92 Å². The molecule has 6 nitrogen and oxygen atoms in total. The second-order valence-corrected chi connectivity index (χ2v) is 2.77. The van der Waals surface area contributed by atoms with E-state index in [2.05, 4.69) is 0 Å². The summed E-state index contributed by atoms with van der Waals surface area (Å²) in [5.74, 6) is -2.00. The minimum absolute atomic E-state index is 0.101. The summed E-state index contributed by atoms with van der Waals surface area (Å²) in [4.78, 5) is 33.2. The van der Waals surface area contributed by atoms with Gasteiger partial charge in [-0.15, -0.1) is 0 Å². The van der Waals surface area contributed by atoms with E-state index in [1.807, 2.05) is 0 Å². The Morgan fingerprint density at radius 3 is 2.21 bits per heavy atom. The number of carboxylic acid groups (broad SMARTS) is 1. The number of carboxylic acids is 1. The van der Waals surface area contributed by atoms with Crippen LogP contribution in [0.4, 0.5) is 0 Å². The number of carbonyl (C=O) groups is 3. The lowest BCUT2D eigenvalue weighted by atomic mass is 10.2. The first-order valence-corrected chi connectivity index (χ1v) is 4.25. The highest BCUT2D eigenvalue weighted by Crippen LogP contribution is 1.97. The van der Waals surface area contributed by atoms with Crippen molar-refractivity contribution in [2.24, 2.45) is 5.73 Å². The molecule has 3 N–H and O–H groups in total. The summed E-state index contributed by atoms with van der Waals surface area (Å²) in [5.41, 5.74) is 4.91. The van der Waals surface area contributed by atoms with Crippen molar-refractivity contribution in [3.05, 3.63) is 0 Å². The van der Waals surface area contributed by atoms with Gasteiger partial charge in [-0.25, -0.2) is 0 Å². The van der Waals surface area contributed by atoms with E-state index in [1.165, 1.54) is 4.90 Å². The Labute approximate surface area is 81.7 Å². The molecule has 0 aliphatic heterocycles. The van der Waals surface area contributed by atoms with Gasteiger partial charge in [-0.3, -0.25) is 14.4 Å². The predicted molar refractivity (Wildman–Crippen MR) is 48.3 cm³/mol. The summed E-state index contributed by atoms with van der Waals surface area (Å²) in [6.45, 7) is 1.89. The first kappa shape index (κ1) is 12.4. The third-order valence-electron chi connectivity index (χ3n) is 1.63. The van der Waals surface area contributed by atoms with Crippen molar-refractivity contribution in [1.82, 2.24) is 4.90 Å². The largest absolute Gasteiger partial charge is 0.481 e. The summed E-state index contributed by atoms with van der Waals surface area (Å²) in [7, 11) is 0. The van der Waals surface area contributed by atoms with Crippen molar-refractivity contribution in [2.45, 2.75) is 19.8 Å². The molecule has 0 aliphatic rings. The molecule has 2 amide bonds. The van der Waals surface area contributed by atoms with Gasteiger partial charge in [0.25, 0.3) is 0 Å². The standard InChI is InChI=1S/C8H14N2O4/c1-2-10(5-6(9)11)7(12)3-4-8(13)14/h2-5H2,1H3,(H2,9,11)(H,13,14). The highest BCUT2D eigenvalue weighted by molar-refractivity contribution is 5.85. The van der Waals surface area contributed by atoms with Crippen LogP contribution in [0.5, 0.6) is 0 Å². The number of hydrogen-bond donors (Lipinski definition) is 2. The third-order valence-corrected chi connectivity index (χ3v) is 1.63. The first-order valence-electron chi connectivity index (χ1n) is 4.25. The molecule has 0 saturated heterocycles. The number of primary amides is 1. The van der Waals surface area contributed by atoms with E-state index in [9.17, 15) is 14.4 Å². The Morgan fingerprint density at radius 2 is 1.86 bits per heavy atom. The fourth-order valence-electron chi connectivity index (χ4n) is 0.936. The lowest BCUT2D eigenvalue weighted by molar-refractivity contribution is -0.141. The van der Waals surface area contributed by atoms with E-state index in [-0.39, 0.29) is 25.3 Å². The second-order valence-electron chi connectivity index (χ2n) is 2.77. The van der Waals surface area contributed by atoms with Crippen molar-refractivity contribution in [3.8, 4) is 0 Å². The highest BCUT2D eigenvalue weighted by Gasteiger charge is 2.14. The molecule has 0 radical (unpaired) electrons. The molecular weight excluding hydrogens is 188 g/mol. The number of amides is 2. The predicted octanol–water partition coefficient (Wildman–Crippen LogP) is -0.815. The molecule has 14 heavy (non-hydrogen) atoms. The monoisotopic (exact) mass is 202 g/mol. The lowest BCUT2D eigenvalue weighted by Crippen LogP contribution is -2.38. The Kier molecular flexibility index (Phi) is 5.28. The minimum atomic E-state index is -1.03. The molecular formula is C8H14N2O4. The number of aliphatic carboxylic acids is 1. The van der Waals surface area contributed by atoms with Gasteiger partial charge in [-0.1, -0.05) is 0 Å². The zero-order chi connectivity index (χ0) is 11.1. The smallest absolute Gasteiger partial charge is 0.303 e. The van der Waals surface area contributed by atoms with Crippen LogP contribution in [-0.4, -0.2) is 40.9 Å². The molecule has 0 unspecified atom stereocenters. The summed E-state index contributed by atoms with van der Waals surface area (Å²) < 4.78 is 0. The molecule has 0 aromatic rings. The maximum absolute atomic E-state index is 11.3. The van der Waals surface area contributed by atoms with Crippen molar-refractivity contribution < 1.29 is 19.5 Å².